The number of nitrogens with two attached hydrogens (primary N) is 1. The molecule has 0 saturated carbocycles. The van der Waals surface area contributed by atoms with Gasteiger partial charge in [0.05, 0.1) is 5.92 Å². The van der Waals surface area contributed by atoms with Crippen LogP contribution in [0.15, 0.2) is 24.3 Å². The average molecular weight is 207 g/mol. The Morgan fingerprint density at radius 2 is 2.07 bits per heavy atom. The molecule has 0 heterocycles. The van der Waals surface area contributed by atoms with Gasteiger partial charge in [0.2, 0.25) is 0 Å². The van der Waals surface area contributed by atoms with Gasteiger partial charge in [0.25, 0.3) is 0 Å². The third-order valence-electron chi connectivity index (χ3n) is 2.74. The standard InChI is InChI=1S/C12H17NO2/c1-3-9(12(14)15)11(13)10-7-5-4-6-8(10)2/h4-7,9,11H,3,13H2,1-2H3,(H,14,15). The van der Waals surface area contributed by atoms with Crippen LogP contribution in [0.4, 0.5) is 0 Å². The Bertz CT molecular complexity index is 349. The molecule has 3 N–H and O–H groups in total. The number of hydrogen-bond donors (Lipinski definition) is 2. The van der Waals surface area contributed by atoms with Crippen LogP contribution < -0.4 is 5.73 Å². The summed E-state index contributed by atoms with van der Waals surface area (Å²) < 4.78 is 0. The highest BCUT2D eigenvalue weighted by Gasteiger charge is 2.25. The highest BCUT2D eigenvalue weighted by molar-refractivity contribution is 5.71. The van der Waals surface area contributed by atoms with E-state index < -0.39 is 17.9 Å². The van der Waals surface area contributed by atoms with Gasteiger partial charge in [0.1, 0.15) is 0 Å². The van der Waals surface area contributed by atoms with Crippen LogP contribution in [0.1, 0.15) is 30.5 Å². The SMILES string of the molecule is CCC(C(=O)O)C(N)c1ccccc1C. The molecule has 1 aromatic rings. The highest BCUT2D eigenvalue weighted by Crippen LogP contribution is 2.24. The van der Waals surface area contributed by atoms with E-state index in [-0.39, 0.29) is 0 Å². The monoisotopic (exact) mass is 207 g/mol. The molecule has 0 radical (unpaired) electrons. The fraction of sp³-hybridized carbons (Fsp3) is 0.417. The third kappa shape index (κ3) is 2.57. The largest absolute Gasteiger partial charge is 0.481 e. The van der Waals surface area contributed by atoms with Crippen LogP contribution in [0, 0.1) is 12.8 Å². The maximum absolute atomic E-state index is 11.0. The van der Waals surface area contributed by atoms with E-state index in [1.54, 1.807) is 0 Å². The molecular weight excluding hydrogens is 190 g/mol. The molecule has 0 aliphatic heterocycles. The Morgan fingerprint density at radius 1 is 1.47 bits per heavy atom. The molecule has 1 aromatic carbocycles. The van der Waals surface area contributed by atoms with Crippen molar-refractivity contribution in [1.82, 2.24) is 0 Å². The molecule has 0 aliphatic carbocycles. The van der Waals surface area contributed by atoms with E-state index >= 15 is 0 Å². The van der Waals surface area contributed by atoms with Crippen LogP contribution in [0.3, 0.4) is 0 Å². The topological polar surface area (TPSA) is 63.3 Å². The second-order valence-corrected chi connectivity index (χ2v) is 3.74. The summed E-state index contributed by atoms with van der Waals surface area (Å²) in [6, 6.07) is 7.23. The molecule has 82 valence electrons. The van der Waals surface area contributed by atoms with Crippen molar-refractivity contribution in [3.05, 3.63) is 35.4 Å². The van der Waals surface area contributed by atoms with Gasteiger partial charge < -0.3 is 10.8 Å². The Hall–Kier alpha value is -1.35. The van der Waals surface area contributed by atoms with Crippen LogP contribution in [-0.4, -0.2) is 11.1 Å². The Labute approximate surface area is 89.9 Å². The van der Waals surface area contributed by atoms with Gasteiger partial charge >= 0.3 is 5.97 Å². The summed E-state index contributed by atoms with van der Waals surface area (Å²) in [7, 11) is 0. The molecule has 0 saturated heterocycles. The van der Waals surface area contributed by atoms with E-state index in [2.05, 4.69) is 0 Å². The first-order chi connectivity index (χ1) is 7.07. The van der Waals surface area contributed by atoms with Gasteiger partial charge in [-0.05, 0) is 24.5 Å². The van der Waals surface area contributed by atoms with E-state index in [9.17, 15) is 4.79 Å². The molecule has 15 heavy (non-hydrogen) atoms. The summed E-state index contributed by atoms with van der Waals surface area (Å²) in [4.78, 5) is 11.0. The second kappa shape index (κ2) is 4.94. The minimum Gasteiger partial charge on any atom is -0.481 e. The van der Waals surface area contributed by atoms with E-state index in [0.717, 1.165) is 11.1 Å². The molecule has 3 heteroatoms. The van der Waals surface area contributed by atoms with Gasteiger partial charge in [-0.1, -0.05) is 31.2 Å². The van der Waals surface area contributed by atoms with Gasteiger partial charge in [0, 0.05) is 6.04 Å². The Kier molecular flexibility index (Phi) is 3.86. The second-order valence-electron chi connectivity index (χ2n) is 3.74. The number of carbonyl (C=O) groups is 1. The molecule has 0 amide bonds. The summed E-state index contributed by atoms with van der Waals surface area (Å²) in [5, 5.41) is 9.02. The van der Waals surface area contributed by atoms with Crippen LogP contribution >= 0.6 is 0 Å². The van der Waals surface area contributed by atoms with Crippen molar-refractivity contribution in [2.24, 2.45) is 11.7 Å². The van der Waals surface area contributed by atoms with E-state index in [0.29, 0.717) is 6.42 Å². The summed E-state index contributed by atoms with van der Waals surface area (Å²) in [6.07, 6.45) is 0.546. The average Bonchev–Trinajstić information content (AvgIpc) is 2.18. The minimum atomic E-state index is -0.826. The lowest BCUT2D eigenvalue weighted by Crippen LogP contribution is -2.28. The fourth-order valence-electron chi connectivity index (χ4n) is 1.76. The fourth-order valence-corrected chi connectivity index (χ4v) is 1.76. The Balaban J connectivity index is 2.97. The first-order valence-electron chi connectivity index (χ1n) is 5.11. The van der Waals surface area contributed by atoms with Crippen LogP contribution in [0.25, 0.3) is 0 Å². The molecule has 3 nitrogen and oxygen atoms in total. The maximum atomic E-state index is 11.0. The zero-order valence-corrected chi connectivity index (χ0v) is 9.10. The molecule has 0 bridgehead atoms. The molecule has 0 spiro atoms. The van der Waals surface area contributed by atoms with Crippen molar-refractivity contribution in [2.75, 3.05) is 0 Å². The lowest BCUT2D eigenvalue weighted by molar-refractivity contribution is -0.142. The number of benzene rings is 1. The molecule has 0 aliphatic rings. The lowest BCUT2D eigenvalue weighted by atomic mass is 9.89. The lowest BCUT2D eigenvalue weighted by Gasteiger charge is -2.20. The smallest absolute Gasteiger partial charge is 0.308 e. The normalized spacial score (nSPS) is 14.6. The molecule has 0 fully saturated rings. The summed E-state index contributed by atoms with van der Waals surface area (Å²) >= 11 is 0. The van der Waals surface area contributed by atoms with Crippen LogP contribution in [-0.2, 0) is 4.79 Å². The predicted molar refractivity (Wildman–Crippen MR) is 59.5 cm³/mol. The van der Waals surface area contributed by atoms with Gasteiger partial charge in [-0.25, -0.2) is 0 Å². The van der Waals surface area contributed by atoms with Gasteiger partial charge in [-0.2, -0.15) is 0 Å². The quantitative estimate of drug-likeness (QED) is 0.794. The van der Waals surface area contributed by atoms with Crippen molar-refractivity contribution in [2.45, 2.75) is 26.3 Å². The first kappa shape index (κ1) is 11.7. The van der Waals surface area contributed by atoms with Crippen molar-refractivity contribution in [3.8, 4) is 0 Å². The molecule has 2 unspecified atom stereocenters. The zero-order valence-electron chi connectivity index (χ0n) is 9.10. The minimum absolute atomic E-state index is 0.423. The Morgan fingerprint density at radius 3 is 2.53 bits per heavy atom. The summed E-state index contributed by atoms with van der Waals surface area (Å²) in [5.74, 6) is -1.33. The number of aliphatic carboxylic acids is 1. The number of carboxylic acids is 1. The first-order valence-corrected chi connectivity index (χ1v) is 5.11. The highest BCUT2D eigenvalue weighted by atomic mass is 16.4. The molecule has 1 rings (SSSR count). The summed E-state index contributed by atoms with van der Waals surface area (Å²) in [5.41, 5.74) is 7.94. The van der Waals surface area contributed by atoms with E-state index in [1.165, 1.54) is 0 Å². The molecule has 0 aromatic heterocycles. The predicted octanol–water partition coefficient (Wildman–Crippen LogP) is 2.11. The number of rotatable bonds is 4. The van der Waals surface area contributed by atoms with Crippen molar-refractivity contribution < 1.29 is 9.90 Å². The van der Waals surface area contributed by atoms with E-state index in [1.807, 2.05) is 38.1 Å². The molecule has 2 atom stereocenters. The maximum Gasteiger partial charge on any atom is 0.308 e. The van der Waals surface area contributed by atoms with Gasteiger partial charge in [-0.3, -0.25) is 4.79 Å². The number of carboxylic acid groups (broad SMARTS) is 1. The van der Waals surface area contributed by atoms with Crippen molar-refractivity contribution >= 4 is 5.97 Å². The van der Waals surface area contributed by atoms with Crippen molar-refractivity contribution in [1.29, 1.82) is 0 Å². The number of hydrogen-bond acceptors (Lipinski definition) is 2. The van der Waals surface area contributed by atoms with Gasteiger partial charge in [-0.15, -0.1) is 0 Å². The van der Waals surface area contributed by atoms with Crippen LogP contribution in [0.5, 0.6) is 0 Å². The van der Waals surface area contributed by atoms with Crippen LogP contribution in [0.2, 0.25) is 0 Å². The van der Waals surface area contributed by atoms with Gasteiger partial charge in [0.15, 0.2) is 0 Å². The zero-order chi connectivity index (χ0) is 11.4. The summed E-state index contributed by atoms with van der Waals surface area (Å²) in [6.45, 7) is 3.79. The molecular formula is C12H17NO2. The van der Waals surface area contributed by atoms with Crippen molar-refractivity contribution in [3.63, 3.8) is 0 Å². The van der Waals surface area contributed by atoms with E-state index in [4.69, 9.17) is 10.8 Å². The number of aryl methyl sites for hydroxylation is 1. The third-order valence-corrected chi connectivity index (χ3v) is 2.74.